The van der Waals surface area contributed by atoms with Gasteiger partial charge in [-0.15, -0.1) is 13.2 Å². The summed E-state index contributed by atoms with van der Waals surface area (Å²) < 4.78 is 40.8. The van der Waals surface area contributed by atoms with E-state index in [-0.39, 0.29) is 5.56 Å². The van der Waals surface area contributed by atoms with Gasteiger partial charge in [0.1, 0.15) is 5.75 Å². The van der Waals surface area contributed by atoms with Gasteiger partial charge in [-0.3, -0.25) is 4.79 Å². The Labute approximate surface area is 117 Å². The Bertz CT molecular complexity index is 639. The smallest absolute Gasteiger partial charge is 0.405 e. The van der Waals surface area contributed by atoms with Gasteiger partial charge >= 0.3 is 6.36 Å². The molecule has 0 radical (unpaired) electrons. The van der Waals surface area contributed by atoms with Crippen LogP contribution < -0.4 is 4.74 Å². The van der Waals surface area contributed by atoms with E-state index in [0.717, 1.165) is 6.07 Å². The molecular weight excluding hydrogens is 293 g/mol. The highest BCUT2D eigenvalue weighted by molar-refractivity contribution is 6.33. The number of rotatable bonds is 3. The van der Waals surface area contributed by atoms with E-state index in [1.807, 2.05) is 0 Å². The lowest BCUT2D eigenvalue weighted by Gasteiger charge is -2.12. The van der Waals surface area contributed by atoms with E-state index in [9.17, 15) is 18.0 Å². The number of halogens is 4. The Kier molecular flexibility index (Phi) is 3.99. The van der Waals surface area contributed by atoms with Crippen LogP contribution in [0.3, 0.4) is 0 Å². The van der Waals surface area contributed by atoms with E-state index in [2.05, 4.69) is 4.74 Å². The maximum absolute atomic E-state index is 12.3. The molecule has 0 amide bonds. The third-order valence-electron chi connectivity index (χ3n) is 2.55. The van der Waals surface area contributed by atoms with Crippen molar-refractivity contribution in [1.82, 2.24) is 0 Å². The number of carbonyl (C=O) groups is 1. The predicted octanol–water partition coefficient (Wildman–Crippen LogP) is 4.72. The number of carbonyl (C=O) groups excluding carboxylic acids is 1. The largest absolute Gasteiger partial charge is 0.573 e. The average Bonchev–Trinajstić information content (AvgIpc) is 2.37. The topological polar surface area (TPSA) is 26.3 Å². The minimum Gasteiger partial charge on any atom is -0.405 e. The van der Waals surface area contributed by atoms with Crippen molar-refractivity contribution in [2.45, 2.75) is 6.36 Å². The van der Waals surface area contributed by atoms with Crippen LogP contribution in [0.5, 0.6) is 5.75 Å². The third kappa shape index (κ3) is 3.30. The summed E-state index contributed by atoms with van der Waals surface area (Å²) in [6, 6.07) is 10.6. The van der Waals surface area contributed by atoms with Crippen LogP contribution >= 0.6 is 11.6 Å². The summed E-state index contributed by atoms with van der Waals surface area (Å²) >= 11 is 5.99. The molecule has 0 atom stereocenters. The Morgan fingerprint density at radius 2 is 1.80 bits per heavy atom. The molecule has 0 aromatic heterocycles. The quantitative estimate of drug-likeness (QED) is 0.767. The molecule has 6 heteroatoms. The fourth-order valence-electron chi connectivity index (χ4n) is 1.71. The summed E-state index contributed by atoms with van der Waals surface area (Å²) in [6.45, 7) is 0. The zero-order valence-electron chi connectivity index (χ0n) is 9.95. The van der Waals surface area contributed by atoms with Crippen LogP contribution in [-0.4, -0.2) is 12.6 Å². The summed E-state index contributed by atoms with van der Waals surface area (Å²) in [6.07, 6.45) is -4.56. The molecule has 0 saturated heterocycles. The van der Waals surface area contributed by atoms with Gasteiger partial charge in [0.25, 0.3) is 0 Å². The van der Waals surface area contributed by atoms with Gasteiger partial charge in [-0.05, 0) is 23.8 Å². The summed E-state index contributed by atoms with van der Waals surface area (Å²) in [7, 11) is 0. The van der Waals surface area contributed by atoms with E-state index in [1.54, 1.807) is 24.3 Å². The van der Waals surface area contributed by atoms with E-state index in [1.165, 1.54) is 12.1 Å². The molecule has 0 saturated carbocycles. The van der Waals surface area contributed by atoms with Gasteiger partial charge in [-0.25, -0.2) is 0 Å². The summed E-state index contributed by atoms with van der Waals surface area (Å²) in [5, 5.41) is 0.393. The first-order valence-corrected chi connectivity index (χ1v) is 5.88. The number of ether oxygens (including phenoxy) is 1. The molecule has 20 heavy (non-hydrogen) atoms. The van der Waals surface area contributed by atoms with Crippen LogP contribution in [0.15, 0.2) is 42.5 Å². The Hall–Kier alpha value is -2.01. The Balaban J connectivity index is 2.50. The molecule has 0 spiro atoms. The maximum Gasteiger partial charge on any atom is 0.573 e. The van der Waals surface area contributed by atoms with Gasteiger partial charge in [-0.2, -0.15) is 0 Å². The molecular formula is C14H8ClF3O2. The first kappa shape index (κ1) is 14.4. The van der Waals surface area contributed by atoms with Crippen molar-refractivity contribution in [2.24, 2.45) is 0 Å². The van der Waals surface area contributed by atoms with Gasteiger partial charge < -0.3 is 4.74 Å². The molecule has 2 rings (SSSR count). The molecule has 2 nitrogen and oxygen atoms in total. The first-order chi connectivity index (χ1) is 9.40. The van der Waals surface area contributed by atoms with Crippen LogP contribution in [0.25, 0.3) is 11.1 Å². The molecule has 2 aromatic rings. The molecule has 0 aliphatic carbocycles. The molecule has 0 bridgehead atoms. The molecule has 0 aliphatic rings. The van der Waals surface area contributed by atoms with Gasteiger partial charge in [0.15, 0.2) is 6.29 Å². The predicted molar refractivity (Wildman–Crippen MR) is 69.0 cm³/mol. The van der Waals surface area contributed by atoms with Crippen molar-refractivity contribution < 1.29 is 22.7 Å². The fraction of sp³-hybridized carbons (Fsp3) is 0.0714. The summed E-state index contributed by atoms with van der Waals surface area (Å²) in [5.41, 5.74) is 0.803. The number of benzene rings is 2. The number of hydrogen-bond donors (Lipinski definition) is 0. The second kappa shape index (κ2) is 5.54. The van der Waals surface area contributed by atoms with Crippen LogP contribution in [0.2, 0.25) is 5.02 Å². The minimum absolute atomic E-state index is 0.182. The summed E-state index contributed by atoms with van der Waals surface area (Å²) in [4.78, 5) is 10.8. The zero-order chi connectivity index (χ0) is 14.8. The van der Waals surface area contributed by atoms with Crippen molar-refractivity contribution in [3.05, 3.63) is 53.1 Å². The lowest BCUT2D eigenvalue weighted by atomic mass is 10.0. The molecule has 0 heterocycles. The first-order valence-electron chi connectivity index (χ1n) is 5.50. The minimum atomic E-state index is -4.86. The zero-order valence-corrected chi connectivity index (χ0v) is 10.7. The number of hydrogen-bond acceptors (Lipinski definition) is 2. The van der Waals surface area contributed by atoms with Gasteiger partial charge in [0.05, 0.1) is 5.56 Å². The number of aldehydes is 1. The lowest BCUT2D eigenvalue weighted by Crippen LogP contribution is -2.18. The Morgan fingerprint density at radius 3 is 2.40 bits per heavy atom. The molecule has 104 valence electrons. The van der Waals surface area contributed by atoms with E-state index < -0.39 is 12.1 Å². The van der Waals surface area contributed by atoms with Crippen molar-refractivity contribution in [2.75, 3.05) is 0 Å². The normalized spacial score (nSPS) is 11.2. The standard InChI is InChI=1S/C14H8ClF3O2/c15-12-4-2-1-3-11(12)9-5-6-10(8-19)13(7-9)20-14(16,17)18/h1-8H. The SMILES string of the molecule is O=Cc1ccc(-c2ccccc2Cl)cc1OC(F)(F)F. The second-order valence-electron chi connectivity index (χ2n) is 3.90. The molecule has 0 N–H and O–H groups in total. The van der Waals surface area contributed by atoms with Gasteiger partial charge in [0, 0.05) is 10.6 Å². The van der Waals surface area contributed by atoms with Crippen molar-refractivity contribution >= 4 is 17.9 Å². The molecule has 0 aliphatic heterocycles. The van der Waals surface area contributed by atoms with E-state index in [0.29, 0.717) is 22.4 Å². The number of alkyl halides is 3. The second-order valence-corrected chi connectivity index (χ2v) is 4.31. The Morgan fingerprint density at radius 1 is 1.10 bits per heavy atom. The molecule has 0 fully saturated rings. The monoisotopic (exact) mass is 300 g/mol. The van der Waals surface area contributed by atoms with Gasteiger partial charge in [-0.1, -0.05) is 35.9 Å². The highest BCUT2D eigenvalue weighted by Gasteiger charge is 2.32. The lowest BCUT2D eigenvalue weighted by molar-refractivity contribution is -0.274. The van der Waals surface area contributed by atoms with Crippen molar-refractivity contribution in [1.29, 1.82) is 0 Å². The van der Waals surface area contributed by atoms with Crippen molar-refractivity contribution in [3.63, 3.8) is 0 Å². The van der Waals surface area contributed by atoms with Crippen LogP contribution in [0.1, 0.15) is 10.4 Å². The van der Waals surface area contributed by atoms with Crippen LogP contribution in [0.4, 0.5) is 13.2 Å². The van der Waals surface area contributed by atoms with E-state index in [4.69, 9.17) is 11.6 Å². The third-order valence-corrected chi connectivity index (χ3v) is 2.88. The maximum atomic E-state index is 12.3. The van der Waals surface area contributed by atoms with Crippen molar-refractivity contribution in [3.8, 4) is 16.9 Å². The van der Waals surface area contributed by atoms with Crippen LogP contribution in [0, 0.1) is 0 Å². The fourth-order valence-corrected chi connectivity index (χ4v) is 1.95. The van der Waals surface area contributed by atoms with Crippen LogP contribution in [-0.2, 0) is 0 Å². The van der Waals surface area contributed by atoms with E-state index >= 15 is 0 Å². The highest BCUT2D eigenvalue weighted by atomic mass is 35.5. The summed E-state index contributed by atoms with van der Waals surface area (Å²) in [5.74, 6) is -0.551. The highest BCUT2D eigenvalue weighted by Crippen LogP contribution is 2.33. The van der Waals surface area contributed by atoms with Gasteiger partial charge in [0.2, 0.25) is 0 Å². The molecule has 2 aromatic carbocycles. The molecule has 0 unspecified atom stereocenters. The average molecular weight is 301 g/mol.